The van der Waals surface area contributed by atoms with Crippen LogP contribution in [0, 0.1) is 5.82 Å². The number of ether oxygens (including phenoxy) is 1. The standard InChI is InChI=1S/C22H23FN4O5S/c1-32-22(29)25-33(30,31)27-10-8-16(9-11-27)15-3-6-20(7-4-15)24-21(28)26-13-17-2-5-19(23)12-18(17)14-26/h2-8,12H,9-11,13-14H2,1H3,(H,24,28)(H,25,29). The van der Waals surface area contributed by atoms with Gasteiger partial charge in [-0.1, -0.05) is 24.3 Å². The highest BCUT2D eigenvalue weighted by molar-refractivity contribution is 7.87. The van der Waals surface area contributed by atoms with E-state index >= 15 is 0 Å². The van der Waals surface area contributed by atoms with E-state index in [4.69, 9.17) is 0 Å². The summed E-state index contributed by atoms with van der Waals surface area (Å²) < 4.78 is 45.1. The first kappa shape index (κ1) is 22.7. The van der Waals surface area contributed by atoms with Crippen molar-refractivity contribution in [3.63, 3.8) is 0 Å². The molecule has 0 bridgehead atoms. The van der Waals surface area contributed by atoms with Crippen molar-refractivity contribution < 1.29 is 27.1 Å². The van der Waals surface area contributed by atoms with Crippen LogP contribution in [0.3, 0.4) is 0 Å². The molecule has 4 rings (SSSR count). The number of amides is 3. The summed E-state index contributed by atoms with van der Waals surface area (Å²) in [5.74, 6) is -0.316. The van der Waals surface area contributed by atoms with Crippen LogP contribution in [-0.4, -0.2) is 49.9 Å². The maximum atomic E-state index is 13.4. The van der Waals surface area contributed by atoms with Crippen LogP contribution >= 0.6 is 0 Å². The summed E-state index contributed by atoms with van der Waals surface area (Å²) in [5.41, 5.74) is 4.24. The Hall–Kier alpha value is -3.44. The van der Waals surface area contributed by atoms with Gasteiger partial charge in [0.05, 0.1) is 7.11 Å². The molecule has 0 radical (unpaired) electrons. The molecular formula is C22H23FN4O5S. The second kappa shape index (κ2) is 9.20. The van der Waals surface area contributed by atoms with E-state index in [0.29, 0.717) is 25.2 Å². The summed E-state index contributed by atoms with van der Waals surface area (Å²) in [5, 5.41) is 2.85. The molecule has 0 unspecified atom stereocenters. The molecule has 174 valence electrons. The SMILES string of the molecule is COC(=O)NS(=O)(=O)N1CC=C(c2ccc(NC(=O)N3Cc4ccc(F)cc4C3)cc2)CC1. The van der Waals surface area contributed by atoms with Gasteiger partial charge in [-0.3, -0.25) is 0 Å². The molecule has 2 aromatic rings. The van der Waals surface area contributed by atoms with Crippen molar-refractivity contribution in [1.29, 1.82) is 0 Å². The predicted molar refractivity (Wildman–Crippen MR) is 120 cm³/mol. The smallest absolute Gasteiger partial charge is 0.421 e. The highest BCUT2D eigenvalue weighted by atomic mass is 32.2. The Morgan fingerprint density at radius 1 is 1.06 bits per heavy atom. The highest BCUT2D eigenvalue weighted by Crippen LogP contribution is 2.26. The van der Waals surface area contributed by atoms with Gasteiger partial charge in [-0.25, -0.2) is 18.7 Å². The van der Waals surface area contributed by atoms with Gasteiger partial charge in [0, 0.05) is 31.9 Å². The molecular weight excluding hydrogens is 451 g/mol. The van der Waals surface area contributed by atoms with E-state index in [2.05, 4.69) is 10.1 Å². The molecule has 0 saturated carbocycles. The van der Waals surface area contributed by atoms with Crippen LogP contribution in [0.4, 0.5) is 19.7 Å². The van der Waals surface area contributed by atoms with Gasteiger partial charge in [-0.15, -0.1) is 0 Å². The summed E-state index contributed by atoms with van der Waals surface area (Å²) >= 11 is 0. The average molecular weight is 475 g/mol. The van der Waals surface area contributed by atoms with Gasteiger partial charge in [0.1, 0.15) is 5.82 Å². The number of hydrogen-bond acceptors (Lipinski definition) is 5. The molecule has 0 aromatic heterocycles. The van der Waals surface area contributed by atoms with Gasteiger partial charge < -0.3 is 15.0 Å². The number of carbonyl (C=O) groups is 2. The number of nitrogens with one attached hydrogen (secondary N) is 2. The quantitative estimate of drug-likeness (QED) is 0.708. The first-order chi connectivity index (χ1) is 15.7. The van der Waals surface area contributed by atoms with Gasteiger partial charge in [0.2, 0.25) is 0 Å². The van der Waals surface area contributed by atoms with E-state index in [9.17, 15) is 22.4 Å². The molecule has 0 atom stereocenters. The molecule has 0 spiro atoms. The lowest BCUT2D eigenvalue weighted by Gasteiger charge is -2.25. The first-order valence-electron chi connectivity index (χ1n) is 10.2. The van der Waals surface area contributed by atoms with Crippen LogP contribution in [0.15, 0.2) is 48.5 Å². The zero-order valence-electron chi connectivity index (χ0n) is 17.9. The number of benzene rings is 2. The number of methoxy groups -OCH3 is 1. The fourth-order valence-electron chi connectivity index (χ4n) is 3.82. The van der Waals surface area contributed by atoms with Crippen molar-refractivity contribution >= 4 is 33.6 Å². The fraction of sp³-hybridized carbons (Fsp3) is 0.273. The van der Waals surface area contributed by atoms with Gasteiger partial charge in [0.25, 0.3) is 0 Å². The third kappa shape index (κ3) is 5.15. The predicted octanol–water partition coefficient (Wildman–Crippen LogP) is 3.06. The number of nitrogens with zero attached hydrogens (tertiary/aromatic N) is 2. The maximum absolute atomic E-state index is 13.4. The van der Waals surface area contributed by atoms with Crippen molar-refractivity contribution in [3.05, 3.63) is 71.0 Å². The molecule has 0 aliphatic carbocycles. The van der Waals surface area contributed by atoms with E-state index in [1.807, 2.05) is 16.9 Å². The summed E-state index contributed by atoms with van der Waals surface area (Å²) in [7, 11) is -2.87. The lowest BCUT2D eigenvalue weighted by molar-refractivity contribution is 0.177. The Kier molecular flexibility index (Phi) is 6.34. The Bertz CT molecular complexity index is 1210. The van der Waals surface area contributed by atoms with E-state index in [1.165, 1.54) is 12.1 Å². The van der Waals surface area contributed by atoms with Crippen molar-refractivity contribution in [2.45, 2.75) is 19.5 Å². The number of urea groups is 1. The zero-order chi connectivity index (χ0) is 23.6. The van der Waals surface area contributed by atoms with Crippen molar-refractivity contribution in [2.24, 2.45) is 0 Å². The normalized spacial score (nSPS) is 16.1. The van der Waals surface area contributed by atoms with Gasteiger partial charge in [-0.2, -0.15) is 12.7 Å². The van der Waals surface area contributed by atoms with Crippen LogP contribution in [0.5, 0.6) is 0 Å². The third-order valence-electron chi connectivity index (χ3n) is 5.59. The molecule has 11 heteroatoms. The summed E-state index contributed by atoms with van der Waals surface area (Å²) in [6, 6.07) is 11.5. The molecule has 0 saturated heterocycles. The summed E-state index contributed by atoms with van der Waals surface area (Å²) in [6.07, 6.45) is 1.22. The molecule has 2 aromatic carbocycles. The van der Waals surface area contributed by atoms with Crippen LogP contribution in [0.25, 0.3) is 5.57 Å². The number of hydrogen-bond donors (Lipinski definition) is 2. The van der Waals surface area contributed by atoms with Crippen LogP contribution in [-0.2, 0) is 28.0 Å². The van der Waals surface area contributed by atoms with Gasteiger partial charge in [-0.05, 0) is 52.9 Å². The molecule has 3 amide bonds. The molecule has 9 nitrogen and oxygen atoms in total. The minimum absolute atomic E-state index is 0.121. The minimum atomic E-state index is -3.96. The highest BCUT2D eigenvalue weighted by Gasteiger charge is 2.27. The Balaban J connectivity index is 1.35. The van der Waals surface area contributed by atoms with Crippen molar-refractivity contribution in [2.75, 3.05) is 25.5 Å². The minimum Gasteiger partial charge on any atom is -0.452 e. The van der Waals surface area contributed by atoms with Crippen LogP contribution in [0.1, 0.15) is 23.1 Å². The Morgan fingerprint density at radius 2 is 1.79 bits per heavy atom. The number of carbonyl (C=O) groups excluding carboxylic acids is 2. The summed E-state index contributed by atoms with van der Waals surface area (Å²) in [6.45, 7) is 1.12. The monoisotopic (exact) mass is 474 g/mol. The molecule has 2 aliphatic rings. The van der Waals surface area contributed by atoms with E-state index in [1.54, 1.807) is 29.2 Å². The second-order valence-electron chi connectivity index (χ2n) is 7.71. The number of rotatable bonds is 4. The molecule has 0 fully saturated rings. The molecule has 2 heterocycles. The van der Waals surface area contributed by atoms with Crippen LogP contribution in [0.2, 0.25) is 0 Å². The lowest BCUT2D eigenvalue weighted by atomic mass is 10.0. The summed E-state index contributed by atoms with van der Waals surface area (Å²) in [4.78, 5) is 25.4. The van der Waals surface area contributed by atoms with E-state index < -0.39 is 16.3 Å². The first-order valence-corrected chi connectivity index (χ1v) is 11.7. The fourth-order valence-corrected chi connectivity index (χ4v) is 4.84. The topological polar surface area (TPSA) is 108 Å². The van der Waals surface area contributed by atoms with E-state index in [-0.39, 0.29) is 24.9 Å². The lowest BCUT2D eigenvalue weighted by Crippen LogP contribution is -2.45. The average Bonchev–Trinajstić information content (AvgIpc) is 3.23. The number of anilines is 1. The Morgan fingerprint density at radius 3 is 2.45 bits per heavy atom. The van der Waals surface area contributed by atoms with E-state index in [0.717, 1.165) is 33.7 Å². The zero-order valence-corrected chi connectivity index (χ0v) is 18.7. The van der Waals surface area contributed by atoms with Crippen molar-refractivity contribution in [3.8, 4) is 0 Å². The third-order valence-corrected chi connectivity index (χ3v) is 7.03. The molecule has 33 heavy (non-hydrogen) atoms. The molecule has 2 N–H and O–H groups in total. The second-order valence-corrected chi connectivity index (χ2v) is 9.38. The molecule has 2 aliphatic heterocycles. The van der Waals surface area contributed by atoms with Crippen molar-refractivity contribution in [1.82, 2.24) is 13.9 Å². The van der Waals surface area contributed by atoms with Crippen LogP contribution < -0.4 is 10.0 Å². The Labute approximate surface area is 191 Å². The van der Waals surface area contributed by atoms with Gasteiger partial charge in [0.15, 0.2) is 0 Å². The maximum Gasteiger partial charge on any atom is 0.421 e. The number of fused-ring (bicyclic) bond motifs is 1. The van der Waals surface area contributed by atoms with Gasteiger partial charge >= 0.3 is 22.3 Å². The number of halogens is 1. The largest absolute Gasteiger partial charge is 0.452 e.